The van der Waals surface area contributed by atoms with Crippen LogP contribution in [-0.2, 0) is 0 Å². The Hall–Kier alpha value is -1.20. The zero-order valence-electron chi connectivity index (χ0n) is 7.35. The summed E-state index contributed by atoms with van der Waals surface area (Å²) in [5.41, 5.74) is 0.643. The molecule has 2 aromatic heterocycles. The third kappa shape index (κ3) is 2.24. The van der Waals surface area contributed by atoms with Crippen molar-refractivity contribution in [2.24, 2.45) is 0 Å². The van der Waals surface area contributed by atoms with Crippen LogP contribution in [0.15, 0.2) is 29.0 Å². The molecular weight excluding hydrogens is 283 g/mol. The van der Waals surface area contributed by atoms with Crippen molar-refractivity contribution in [3.05, 3.63) is 34.7 Å². The molecule has 0 fully saturated rings. The minimum absolute atomic E-state index is 0. The van der Waals surface area contributed by atoms with Crippen molar-refractivity contribution in [3.63, 3.8) is 0 Å². The summed E-state index contributed by atoms with van der Waals surface area (Å²) in [4.78, 5) is 18.6. The van der Waals surface area contributed by atoms with Gasteiger partial charge in [0.05, 0.1) is 9.99 Å². The van der Waals surface area contributed by atoms with Gasteiger partial charge < -0.3 is 5.11 Å². The molecular formula is C9H6BrClN2O2. The SMILES string of the molecule is Cl.O=C(O)c1ccc2cncc(Br)c2n1. The van der Waals surface area contributed by atoms with Gasteiger partial charge in [0.15, 0.2) is 0 Å². The van der Waals surface area contributed by atoms with Crippen LogP contribution in [0.3, 0.4) is 0 Å². The van der Waals surface area contributed by atoms with E-state index in [-0.39, 0.29) is 18.1 Å². The first kappa shape index (κ1) is 11.9. The number of carboxylic acids is 1. The molecule has 0 saturated carbocycles. The Labute approximate surface area is 99.9 Å². The smallest absolute Gasteiger partial charge is 0.354 e. The largest absolute Gasteiger partial charge is 0.477 e. The Morgan fingerprint density at radius 1 is 1.33 bits per heavy atom. The summed E-state index contributed by atoms with van der Waals surface area (Å²) in [5.74, 6) is -1.03. The van der Waals surface area contributed by atoms with Crippen molar-refractivity contribution < 1.29 is 9.90 Å². The highest BCUT2D eigenvalue weighted by Gasteiger charge is 2.07. The van der Waals surface area contributed by atoms with Crippen molar-refractivity contribution in [3.8, 4) is 0 Å². The minimum Gasteiger partial charge on any atom is -0.477 e. The van der Waals surface area contributed by atoms with Crippen molar-refractivity contribution >= 4 is 45.2 Å². The van der Waals surface area contributed by atoms with E-state index in [9.17, 15) is 4.79 Å². The van der Waals surface area contributed by atoms with Crippen LogP contribution in [-0.4, -0.2) is 21.0 Å². The summed E-state index contributed by atoms with van der Waals surface area (Å²) < 4.78 is 0.693. The van der Waals surface area contributed by atoms with E-state index in [0.717, 1.165) is 5.39 Å². The number of fused-ring (bicyclic) bond motifs is 1. The number of rotatable bonds is 1. The maximum atomic E-state index is 10.7. The fourth-order valence-corrected chi connectivity index (χ4v) is 1.56. The molecule has 2 rings (SSSR count). The van der Waals surface area contributed by atoms with Crippen molar-refractivity contribution in [1.29, 1.82) is 0 Å². The predicted molar refractivity (Wildman–Crippen MR) is 61.4 cm³/mol. The van der Waals surface area contributed by atoms with Crippen LogP contribution < -0.4 is 0 Å². The number of carboxylic acid groups (broad SMARTS) is 1. The van der Waals surface area contributed by atoms with E-state index in [2.05, 4.69) is 25.9 Å². The summed E-state index contributed by atoms with van der Waals surface area (Å²) in [6.45, 7) is 0. The molecule has 0 bridgehead atoms. The lowest BCUT2D eigenvalue weighted by molar-refractivity contribution is 0.0691. The predicted octanol–water partition coefficient (Wildman–Crippen LogP) is 2.51. The Morgan fingerprint density at radius 3 is 2.73 bits per heavy atom. The number of pyridine rings is 2. The highest BCUT2D eigenvalue weighted by Crippen LogP contribution is 2.20. The van der Waals surface area contributed by atoms with Crippen molar-refractivity contribution in [2.75, 3.05) is 0 Å². The van der Waals surface area contributed by atoms with Gasteiger partial charge in [-0.1, -0.05) is 0 Å². The van der Waals surface area contributed by atoms with Crippen LogP contribution in [0.4, 0.5) is 0 Å². The van der Waals surface area contributed by atoms with E-state index in [0.29, 0.717) is 9.99 Å². The number of carbonyl (C=O) groups is 1. The van der Waals surface area contributed by atoms with E-state index in [1.165, 1.54) is 6.07 Å². The minimum atomic E-state index is -1.03. The number of hydrogen-bond donors (Lipinski definition) is 1. The first-order chi connectivity index (χ1) is 6.68. The average Bonchev–Trinajstić information content (AvgIpc) is 2.18. The van der Waals surface area contributed by atoms with E-state index in [1.54, 1.807) is 18.5 Å². The molecule has 0 aliphatic carbocycles. The highest BCUT2D eigenvalue weighted by molar-refractivity contribution is 9.10. The van der Waals surface area contributed by atoms with Gasteiger partial charge in [0.2, 0.25) is 0 Å². The van der Waals surface area contributed by atoms with E-state index >= 15 is 0 Å². The lowest BCUT2D eigenvalue weighted by Crippen LogP contribution is -2.00. The molecule has 78 valence electrons. The van der Waals surface area contributed by atoms with E-state index in [1.807, 2.05) is 0 Å². The van der Waals surface area contributed by atoms with Crippen molar-refractivity contribution in [1.82, 2.24) is 9.97 Å². The first-order valence-corrected chi connectivity index (χ1v) is 4.61. The fourth-order valence-electron chi connectivity index (χ4n) is 1.13. The molecule has 0 amide bonds. The third-order valence-electron chi connectivity index (χ3n) is 1.77. The molecule has 2 aromatic rings. The summed E-state index contributed by atoms with van der Waals surface area (Å²) in [6.07, 6.45) is 3.22. The third-order valence-corrected chi connectivity index (χ3v) is 2.35. The molecule has 0 spiro atoms. The standard InChI is InChI=1S/C9H5BrN2O2.ClH/c10-6-4-11-3-5-1-2-7(9(13)14)12-8(5)6;/h1-4H,(H,13,14);1H. The Balaban J connectivity index is 0.00000112. The molecule has 1 N–H and O–H groups in total. The molecule has 0 unspecified atom stereocenters. The van der Waals surface area contributed by atoms with Crippen LogP contribution in [0.2, 0.25) is 0 Å². The summed E-state index contributed by atoms with van der Waals surface area (Å²) in [5, 5.41) is 9.55. The average molecular weight is 290 g/mol. The molecule has 4 nitrogen and oxygen atoms in total. The monoisotopic (exact) mass is 288 g/mol. The normalized spacial score (nSPS) is 9.67. The lowest BCUT2D eigenvalue weighted by atomic mass is 10.2. The second kappa shape index (κ2) is 4.55. The van der Waals surface area contributed by atoms with Crippen LogP contribution in [0.25, 0.3) is 10.9 Å². The summed E-state index contributed by atoms with van der Waals surface area (Å²) in [6, 6.07) is 3.14. The molecule has 0 radical (unpaired) electrons. The Kier molecular flexibility index (Phi) is 3.60. The van der Waals surface area contributed by atoms with Gasteiger partial charge in [-0.25, -0.2) is 9.78 Å². The van der Waals surface area contributed by atoms with Gasteiger partial charge in [-0.15, -0.1) is 12.4 Å². The zero-order valence-corrected chi connectivity index (χ0v) is 9.75. The molecule has 0 saturated heterocycles. The molecule has 2 heterocycles. The first-order valence-electron chi connectivity index (χ1n) is 3.82. The molecule has 6 heteroatoms. The number of aromatic carboxylic acids is 1. The zero-order chi connectivity index (χ0) is 10.1. The van der Waals surface area contributed by atoms with Gasteiger partial charge in [0.25, 0.3) is 0 Å². The molecule has 15 heavy (non-hydrogen) atoms. The van der Waals surface area contributed by atoms with Gasteiger partial charge in [0, 0.05) is 17.8 Å². The van der Waals surface area contributed by atoms with Crippen LogP contribution in [0.1, 0.15) is 10.5 Å². The number of aromatic nitrogens is 2. The Morgan fingerprint density at radius 2 is 2.07 bits per heavy atom. The molecule has 0 aromatic carbocycles. The topological polar surface area (TPSA) is 63.1 Å². The van der Waals surface area contributed by atoms with Gasteiger partial charge >= 0.3 is 5.97 Å². The van der Waals surface area contributed by atoms with Gasteiger partial charge in [-0.3, -0.25) is 4.98 Å². The van der Waals surface area contributed by atoms with Crippen molar-refractivity contribution in [2.45, 2.75) is 0 Å². The number of halogens is 2. The summed E-state index contributed by atoms with van der Waals surface area (Å²) >= 11 is 3.26. The van der Waals surface area contributed by atoms with E-state index < -0.39 is 5.97 Å². The van der Waals surface area contributed by atoms with Gasteiger partial charge in [-0.2, -0.15) is 0 Å². The van der Waals surface area contributed by atoms with Gasteiger partial charge in [0.1, 0.15) is 5.69 Å². The molecule has 0 aliphatic rings. The highest BCUT2D eigenvalue weighted by atomic mass is 79.9. The summed E-state index contributed by atoms with van der Waals surface area (Å²) in [7, 11) is 0. The lowest BCUT2D eigenvalue weighted by Gasteiger charge is -1.99. The maximum absolute atomic E-state index is 10.7. The van der Waals surface area contributed by atoms with Crippen LogP contribution >= 0.6 is 28.3 Å². The molecule has 0 atom stereocenters. The second-order valence-corrected chi connectivity index (χ2v) is 3.55. The van der Waals surface area contributed by atoms with E-state index in [4.69, 9.17) is 5.11 Å². The number of hydrogen-bond acceptors (Lipinski definition) is 3. The van der Waals surface area contributed by atoms with Gasteiger partial charge in [-0.05, 0) is 28.1 Å². The van der Waals surface area contributed by atoms with Crippen LogP contribution in [0, 0.1) is 0 Å². The number of nitrogens with zero attached hydrogens (tertiary/aromatic N) is 2. The Bertz CT molecular complexity index is 518. The van der Waals surface area contributed by atoms with Crippen LogP contribution in [0.5, 0.6) is 0 Å². The molecule has 0 aliphatic heterocycles. The second-order valence-electron chi connectivity index (χ2n) is 2.69. The quantitative estimate of drug-likeness (QED) is 0.876. The fraction of sp³-hybridized carbons (Fsp3) is 0. The maximum Gasteiger partial charge on any atom is 0.354 e.